The first-order valence-corrected chi connectivity index (χ1v) is 10.4. The summed E-state index contributed by atoms with van der Waals surface area (Å²) in [6.07, 6.45) is 3.69. The van der Waals surface area contributed by atoms with E-state index in [2.05, 4.69) is 28.4 Å². The number of hydrogen-bond acceptors (Lipinski definition) is 7. The number of aromatic amines is 1. The van der Waals surface area contributed by atoms with E-state index >= 15 is 0 Å². The van der Waals surface area contributed by atoms with E-state index in [1.807, 2.05) is 6.92 Å². The Hall–Kier alpha value is -2.03. The van der Waals surface area contributed by atoms with Crippen LogP contribution in [0.3, 0.4) is 0 Å². The van der Waals surface area contributed by atoms with Gasteiger partial charge in [-0.05, 0) is 31.9 Å². The fourth-order valence-electron chi connectivity index (χ4n) is 3.14. The van der Waals surface area contributed by atoms with Crippen LogP contribution in [0.4, 0.5) is 0 Å². The molecular formula is C20H29N3O4S. The lowest BCUT2D eigenvalue weighted by Gasteiger charge is -2.23. The van der Waals surface area contributed by atoms with E-state index in [9.17, 15) is 14.7 Å². The molecule has 2 heterocycles. The van der Waals surface area contributed by atoms with E-state index < -0.39 is 12.1 Å². The number of aliphatic hydroxyl groups excluding tert-OH is 1. The number of carbonyl (C=O) groups excluding carboxylic acids is 1. The Morgan fingerprint density at radius 1 is 1.43 bits per heavy atom. The predicted molar refractivity (Wildman–Crippen MR) is 112 cm³/mol. The van der Waals surface area contributed by atoms with Gasteiger partial charge in [0.15, 0.2) is 0 Å². The number of nitrogens with one attached hydrogen (secondary N) is 1. The Kier molecular flexibility index (Phi) is 8.35. The highest BCUT2D eigenvalue weighted by molar-refractivity contribution is 7.20. The number of aliphatic hydroxyl groups is 1. The normalized spacial score (nSPS) is 12.5. The van der Waals surface area contributed by atoms with Crippen LogP contribution in [0.2, 0.25) is 0 Å². The number of fused-ring (bicyclic) bond motifs is 1. The van der Waals surface area contributed by atoms with Gasteiger partial charge in [-0.2, -0.15) is 0 Å². The molecule has 154 valence electrons. The number of esters is 1. The molecule has 7 nitrogen and oxygen atoms in total. The van der Waals surface area contributed by atoms with Gasteiger partial charge in [-0.1, -0.05) is 32.9 Å². The lowest BCUT2D eigenvalue weighted by atomic mass is 10.2. The van der Waals surface area contributed by atoms with Crippen LogP contribution < -0.4 is 5.56 Å². The van der Waals surface area contributed by atoms with Crippen LogP contribution in [0, 0.1) is 6.92 Å². The number of H-pyrrole nitrogens is 1. The minimum atomic E-state index is -0.475. The smallest absolute Gasteiger partial charge is 0.348 e. The third-order valence-corrected chi connectivity index (χ3v) is 5.54. The molecule has 0 radical (unpaired) electrons. The maximum atomic E-state index is 12.6. The molecule has 0 saturated carbocycles. The van der Waals surface area contributed by atoms with Gasteiger partial charge in [-0.15, -0.1) is 11.3 Å². The summed E-state index contributed by atoms with van der Waals surface area (Å²) in [6, 6.07) is 0. The number of ether oxygens (including phenoxy) is 1. The molecule has 1 atom stereocenters. The highest BCUT2D eigenvalue weighted by Crippen LogP contribution is 2.27. The predicted octanol–water partition coefficient (Wildman–Crippen LogP) is 3.01. The first-order valence-electron chi connectivity index (χ1n) is 9.61. The highest BCUT2D eigenvalue weighted by atomic mass is 32.1. The van der Waals surface area contributed by atoms with Crippen molar-refractivity contribution >= 4 is 27.5 Å². The third-order valence-electron chi connectivity index (χ3n) is 4.37. The number of hydrogen-bond donors (Lipinski definition) is 2. The number of aromatic nitrogens is 2. The highest BCUT2D eigenvalue weighted by Gasteiger charge is 2.21. The zero-order valence-corrected chi connectivity index (χ0v) is 17.6. The molecule has 0 aliphatic carbocycles. The van der Waals surface area contributed by atoms with E-state index in [4.69, 9.17) is 4.74 Å². The quantitative estimate of drug-likeness (QED) is 0.439. The second kappa shape index (κ2) is 10.5. The molecule has 2 aromatic rings. The average Bonchev–Trinajstić information content (AvgIpc) is 2.97. The Morgan fingerprint density at radius 2 is 2.18 bits per heavy atom. The molecule has 2 aromatic heterocycles. The zero-order valence-electron chi connectivity index (χ0n) is 16.8. The Bertz CT molecular complexity index is 874. The monoisotopic (exact) mass is 407 g/mol. The van der Waals surface area contributed by atoms with E-state index in [1.165, 1.54) is 17.4 Å². The molecule has 0 amide bonds. The summed E-state index contributed by atoms with van der Waals surface area (Å²) in [5.41, 5.74) is 0.320. The van der Waals surface area contributed by atoms with Crippen LogP contribution in [0.15, 0.2) is 17.4 Å². The number of thiophene rings is 1. The Morgan fingerprint density at radius 3 is 2.82 bits per heavy atom. The summed E-state index contributed by atoms with van der Waals surface area (Å²) < 4.78 is 5.10. The number of aryl methyl sites for hydroxylation is 1. The zero-order chi connectivity index (χ0) is 20.7. The van der Waals surface area contributed by atoms with Crippen LogP contribution in [0.1, 0.15) is 54.2 Å². The van der Waals surface area contributed by atoms with Crippen molar-refractivity contribution in [1.82, 2.24) is 14.9 Å². The topological polar surface area (TPSA) is 95.5 Å². The van der Waals surface area contributed by atoms with Gasteiger partial charge in [-0.3, -0.25) is 9.69 Å². The van der Waals surface area contributed by atoms with Crippen molar-refractivity contribution < 1.29 is 14.6 Å². The summed E-state index contributed by atoms with van der Waals surface area (Å²) in [5.74, 6) is 0.0542. The van der Waals surface area contributed by atoms with E-state index in [1.54, 1.807) is 6.92 Å². The van der Waals surface area contributed by atoms with Crippen molar-refractivity contribution in [2.24, 2.45) is 0 Å². The van der Waals surface area contributed by atoms with Crippen LogP contribution in [-0.2, 0) is 11.3 Å². The molecule has 0 fully saturated rings. The van der Waals surface area contributed by atoms with Gasteiger partial charge < -0.3 is 14.8 Å². The van der Waals surface area contributed by atoms with Gasteiger partial charge >= 0.3 is 5.97 Å². The minimum absolute atomic E-state index is 0.119. The van der Waals surface area contributed by atoms with Crippen molar-refractivity contribution in [3.05, 3.63) is 39.3 Å². The van der Waals surface area contributed by atoms with Crippen LogP contribution >= 0.6 is 11.3 Å². The van der Waals surface area contributed by atoms with Crippen molar-refractivity contribution in [1.29, 1.82) is 0 Å². The number of nitrogens with zero attached hydrogens (tertiary/aromatic N) is 2. The van der Waals surface area contributed by atoms with Crippen molar-refractivity contribution in [2.75, 3.05) is 19.7 Å². The van der Waals surface area contributed by atoms with Crippen molar-refractivity contribution in [3.8, 4) is 0 Å². The Labute approximate surface area is 169 Å². The molecule has 2 rings (SSSR count). The van der Waals surface area contributed by atoms with Crippen molar-refractivity contribution in [2.45, 2.75) is 52.7 Å². The third kappa shape index (κ3) is 5.50. The maximum absolute atomic E-state index is 12.6. The summed E-state index contributed by atoms with van der Waals surface area (Å²) in [6.45, 7) is 11.3. The maximum Gasteiger partial charge on any atom is 0.348 e. The van der Waals surface area contributed by atoms with Gasteiger partial charge in [0.25, 0.3) is 5.56 Å². The molecule has 1 unspecified atom stereocenters. The summed E-state index contributed by atoms with van der Waals surface area (Å²) in [7, 11) is 0. The second-order valence-electron chi connectivity index (χ2n) is 6.81. The summed E-state index contributed by atoms with van der Waals surface area (Å²) in [4.78, 5) is 35.2. The standard InChI is InChI=1S/C20H29N3O4S/c1-5-8-14(24)11-23(9-6-2)12-15-21-18(25)16-13(4)17(28-19(16)22-15)20(26)27-10-7-3/h7,14,24H,3,5-6,8-12H2,1-2,4H3,(H,21,22,25). The van der Waals surface area contributed by atoms with Crippen LogP contribution in [0.25, 0.3) is 10.2 Å². The summed E-state index contributed by atoms with van der Waals surface area (Å²) >= 11 is 1.17. The molecule has 0 aliphatic heterocycles. The average molecular weight is 408 g/mol. The van der Waals surface area contributed by atoms with E-state index in [0.29, 0.717) is 39.6 Å². The lowest BCUT2D eigenvalue weighted by Crippen LogP contribution is -2.33. The molecule has 0 saturated heterocycles. The second-order valence-corrected chi connectivity index (χ2v) is 7.81. The molecule has 28 heavy (non-hydrogen) atoms. The van der Waals surface area contributed by atoms with Crippen molar-refractivity contribution in [3.63, 3.8) is 0 Å². The molecular weight excluding hydrogens is 378 g/mol. The molecule has 0 aromatic carbocycles. The largest absolute Gasteiger partial charge is 0.457 e. The fourth-order valence-corrected chi connectivity index (χ4v) is 4.24. The molecule has 0 aliphatic rings. The van der Waals surface area contributed by atoms with E-state index in [0.717, 1.165) is 25.8 Å². The number of rotatable bonds is 11. The van der Waals surface area contributed by atoms with Gasteiger partial charge in [0.2, 0.25) is 0 Å². The van der Waals surface area contributed by atoms with Gasteiger partial charge in [-0.25, -0.2) is 9.78 Å². The first kappa shape index (κ1) is 22.3. The SMILES string of the molecule is C=CCOC(=O)c1sc2nc(CN(CCC)CC(O)CCC)[nH]c(=O)c2c1C. The molecule has 0 spiro atoms. The fraction of sp³-hybridized carbons (Fsp3) is 0.550. The summed E-state index contributed by atoms with van der Waals surface area (Å²) in [5, 5.41) is 10.6. The lowest BCUT2D eigenvalue weighted by molar-refractivity contribution is 0.0554. The number of carbonyl (C=O) groups is 1. The first-order chi connectivity index (χ1) is 13.4. The van der Waals surface area contributed by atoms with Crippen LogP contribution in [0.5, 0.6) is 0 Å². The van der Waals surface area contributed by atoms with Gasteiger partial charge in [0.1, 0.15) is 22.1 Å². The van der Waals surface area contributed by atoms with Crippen LogP contribution in [-0.4, -0.2) is 51.7 Å². The minimum Gasteiger partial charge on any atom is -0.457 e. The van der Waals surface area contributed by atoms with E-state index in [-0.39, 0.29) is 12.2 Å². The van der Waals surface area contributed by atoms with Gasteiger partial charge in [0.05, 0.1) is 18.0 Å². The molecule has 2 N–H and O–H groups in total. The van der Waals surface area contributed by atoms with Gasteiger partial charge in [0, 0.05) is 6.54 Å². The molecule has 0 bridgehead atoms. The molecule has 8 heteroatoms. The Balaban J connectivity index is 2.29.